The zero-order chi connectivity index (χ0) is 35.4. The first-order valence-electron chi connectivity index (χ1n) is 18.4. The SMILES string of the molecule is N#CC1CN(C[C@@H](Cc2ncnc(OCc3ccccc3)c2OCc2ccccc2)c2ccc(C#Cc3ccc(CN4CCCCC4)cc3)cc2)C1. The van der Waals surface area contributed by atoms with E-state index in [1.54, 1.807) is 6.33 Å². The highest BCUT2D eigenvalue weighted by Gasteiger charge is 2.30. The van der Waals surface area contributed by atoms with Gasteiger partial charge in [0.15, 0.2) is 0 Å². The first kappa shape index (κ1) is 35.0. The fourth-order valence-electron chi connectivity index (χ4n) is 6.93. The molecule has 1 aromatic heterocycles. The van der Waals surface area contributed by atoms with Crippen molar-refractivity contribution in [1.82, 2.24) is 19.8 Å². The van der Waals surface area contributed by atoms with E-state index in [1.165, 1.54) is 43.5 Å². The molecular formula is C45H45N5O2. The molecule has 1 atom stereocenters. The van der Waals surface area contributed by atoms with Gasteiger partial charge in [-0.15, -0.1) is 0 Å². The molecule has 0 amide bonds. The van der Waals surface area contributed by atoms with Crippen molar-refractivity contribution in [3.8, 4) is 29.5 Å². The molecule has 52 heavy (non-hydrogen) atoms. The second-order valence-corrected chi connectivity index (χ2v) is 13.9. The standard InChI is InChI=1S/C45H45N5O2/c46-27-40-29-50(30-40)31-42(41-22-20-36(21-23-41)15-14-35-16-18-37(19-17-35)28-49-24-8-3-9-25-49)26-43-44(51-32-38-10-4-1-5-11-38)45(48-34-47-43)52-33-39-12-6-2-7-13-39/h1-2,4-7,10-13,16-23,34,40,42H,3,8-9,24-26,28-33H2/t42-/m1/s1. The van der Waals surface area contributed by atoms with Gasteiger partial charge in [-0.25, -0.2) is 4.98 Å². The van der Waals surface area contributed by atoms with Crippen LogP contribution in [-0.2, 0) is 26.2 Å². The lowest BCUT2D eigenvalue weighted by atomic mass is 9.90. The number of piperidine rings is 1. The van der Waals surface area contributed by atoms with Crippen LogP contribution in [0.4, 0.5) is 0 Å². The number of ether oxygens (including phenoxy) is 2. The Morgan fingerprint density at radius 1 is 0.673 bits per heavy atom. The van der Waals surface area contributed by atoms with Gasteiger partial charge in [-0.2, -0.15) is 10.2 Å². The Balaban J connectivity index is 1.09. The van der Waals surface area contributed by atoms with E-state index in [-0.39, 0.29) is 11.8 Å². The molecule has 262 valence electrons. The number of nitrogens with zero attached hydrogens (tertiary/aromatic N) is 5. The third kappa shape index (κ3) is 9.65. The number of likely N-dealkylation sites (tertiary alicyclic amines) is 2. The molecule has 7 nitrogen and oxygen atoms in total. The minimum atomic E-state index is 0.0824. The first-order chi connectivity index (χ1) is 25.7. The van der Waals surface area contributed by atoms with Gasteiger partial charge in [0.2, 0.25) is 5.75 Å². The van der Waals surface area contributed by atoms with Crippen molar-refractivity contribution in [3.05, 3.63) is 155 Å². The van der Waals surface area contributed by atoms with Crippen LogP contribution < -0.4 is 9.47 Å². The van der Waals surface area contributed by atoms with Gasteiger partial charge in [-0.3, -0.25) is 4.90 Å². The van der Waals surface area contributed by atoms with Crippen molar-refractivity contribution in [1.29, 1.82) is 5.26 Å². The summed E-state index contributed by atoms with van der Waals surface area (Å²) in [6.45, 7) is 6.51. The molecule has 0 radical (unpaired) electrons. The summed E-state index contributed by atoms with van der Waals surface area (Å²) in [5.74, 6) is 7.91. The Morgan fingerprint density at radius 3 is 1.92 bits per heavy atom. The molecule has 7 heteroatoms. The number of rotatable bonds is 13. The molecule has 5 aromatic rings. The van der Waals surface area contributed by atoms with Crippen LogP contribution in [0.2, 0.25) is 0 Å². The van der Waals surface area contributed by atoms with Gasteiger partial charge >= 0.3 is 0 Å². The fraction of sp³-hybridized carbons (Fsp3) is 0.311. The number of aromatic nitrogens is 2. The average molecular weight is 688 g/mol. The van der Waals surface area contributed by atoms with Crippen molar-refractivity contribution in [3.63, 3.8) is 0 Å². The normalized spacial score (nSPS) is 15.4. The van der Waals surface area contributed by atoms with Crippen LogP contribution in [0.5, 0.6) is 11.6 Å². The van der Waals surface area contributed by atoms with Gasteiger partial charge in [0.05, 0.1) is 17.7 Å². The van der Waals surface area contributed by atoms with Crippen LogP contribution in [-0.4, -0.2) is 52.5 Å². The van der Waals surface area contributed by atoms with Crippen LogP contribution in [0.15, 0.2) is 116 Å². The lowest BCUT2D eigenvalue weighted by Gasteiger charge is -2.38. The van der Waals surface area contributed by atoms with E-state index in [2.05, 4.69) is 81.2 Å². The summed E-state index contributed by atoms with van der Waals surface area (Å²) in [6.07, 6.45) is 6.15. The summed E-state index contributed by atoms with van der Waals surface area (Å²) >= 11 is 0. The van der Waals surface area contributed by atoms with Crippen molar-refractivity contribution >= 4 is 0 Å². The summed E-state index contributed by atoms with van der Waals surface area (Å²) < 4.78 is 12.7. The van der Waals surface area contributed by atoms with E-state index in [1.807, 2.05) is 60.7 Å². The number of hydrogen-bond acceptors (Lipinski definition) is 7. The Hall–Kier alpha value is -5.47. The molecule has 0 bridgehead atoms. The third-order valence-electron chi connectivity index (χ3n) is 9.89. The highest BCUT2D eigenvalue weighted by Crippen LogP contribution is 2.34. The maximum Gasteiger partial charge on any atom is 0.260 e. The Morgan fingerprint density at radius 2 is 1.29 bits per heavy atom. The third-order valence-corrected chi connectivity index (χ3v) is 9.89. The van der Waals surface area contributed by atoms with Gasteiger partial charge < -0.3 is 14.4 Å². The second kappa shape index (κ2) is 17.6. The predicted molar refractivity (Wildman–Crippen MR) is 204 cm³/mol. The van der Waals surface area contributed by atoms with Crippen molar-refractivity contribution in [2.75, 3.05) is 32.7 Å². The first-order valence-corrected chi connectivity index (χ1v) is 18.4. The van der Waals surface area contributed by atoms with Gasteiger partial charge in [-0.05, 0) is 72.5 Å². The Bertz CT molecular complexity index is 1970. The Labute approximate surface area is 307 Å². The molecule has 2 aliphatic rings. The molecule has 0 spiro atoms. The minimum Gasteiger partial charge on any atom is -0.482 e. The topological polar surface area (TPSA) is 74.5 Å². The van der Waals surface area contributed by atoms with Crippen molar-refractivity contribution < 1.29 is 9.47 Å². The average Bonchev–Trinajstić information content (AvgIpc) is 3.18. The number of nitriles is 1. The fourth-order valence-corrected chi connectivity index (χ4v) is 6.93. The molecule has 0 aliphatic carbocycles. The molecule has 0 unspecified atom stereocenters. The van der Waals surface area contributed by atoms with Gasteiger partial charge in [-0.1, -0.05) is 103 Å². The molecular weight excluding hydrogens is 643 g/mol. The summed E-state index contributed by atoms with van der Waals surface area (Å²) in [5, 5.41) is 9.45. The molecule has 4 aromatic carbocycles. The second-order valence-electron chi connectivity index (χ2n) is 13.9. The zero-order valence-corrected chi connectivity index (χ0v) is 29.7. The van der Waals surface area contributed by atoms with E-state index < -0.39 is 0 Å². The van der Waals surface area contributed by atoms with Gasteiger partial charge in [0.1, 0.15) is 19.5 Å². The van der Waals surface area contributed by atoms with E-state index in [9.17, 15) is 5.26 Å². The Kier molecular flexibility index (Phi) is 11.9. The quantitative estimate of drug-likeness (QED) is 0.117. The van der Waals surface area contributed by atoms with Crippen LogP contribution in [0.25, 0.3) is 0 Å². The lowest BCUT2D eigenvalue weighted by molar-refractivity contribution is 0.125. The zero-order valence-electron chi connectivity index (χ0n) is 29.7. The van der Waals surface area contributed by atoms with Crippen molar-refractivity contribution in [2.45, 2.75) is 51.4 Å². The monoisotopic (exact) mass is 687 g/mol. The predicted octanol–water partition coefficient (Wildman–Crippen LogP) is 7.80. The summed E-state index contributed by atoms with van der Waals surface area (Å²) in [6, 6.07) is 39.8. The van der Waals surface area contributed by atoms with E-state index in [0.29, 0.717) is 31.3 Å². The molecule has 0 N–H and O–H groups in total. The van der Waals surface area contributed by atoms with Crippen molar-refractivity contribution in [2.24, 2.45) is 5.92 Å². The molecule has 3 heterocycles. The van der Waals surface area contributed by atoms with Gasteiger partial charge in [0, 0.05) is 49.6 Å². The van der Waals surface area contributed by atoms with Crippen LogP contribution in [0.3, 0.4) is 0 Å². The largest absolute Gasteiger partial charge is 0.482 e. The van der Waals surface area contributed by atoms with Crippen LogP contribution in [0, 0.1) is 29.1 Å². The smallest absolute Gasteiger partial charge is 0.260 e. The minimum absolute atomic E-state index is 0.0824. The number of hydrogen-bond donors (Lipinski definition) is 0. The highest BCUT2D eigenvalue weighted by molar-refractivity contribution is 5.45. The maximum atomic E-state index is 9.45. The summed E-state index contributed by atoms with van der Waals surface area (Å²) in [7, 11) is 0. The van der Waals surface area contributed by atoms with Crippen LogP contribution >= 0.6 is 0 Å². The molecule has 2 aliphatic heterocycles. The van der Waals surface area contributed by atoms with Crippen LogP contribution in [0.1, 0.15) is 64.3 Å². The van der Waals surface area contributed by atoms with E-state index in [0.717, 1.165) is 54.1 Å². The van der Waals surface area contributed by atoms with Gasteiger partial charge in [0.25, 0.3) is 5.88 Å². The molecule has 7 rings (SSSR count). The molecule has 2 fully saturated rings. The molecule has 2 saturated heterocycles. The summed E-state index contributed by atoms with van der Waals surface area (Å²) in [5.41, 5.74) is 7.42. The van der Waals surface area contributed by atoms with E-state index >= 15 is 0 Å². The highest BCUT2D eigenvalue weighted by atomic mass is 16.5. The van der Waals surface area contributed by atoms with E-state index in [4.69, 9.17) is 14.5 Å². The molecule has 0 saturated carbocycles. The maximum absolute atomic E-state index is 9.45. The summed E-state index contributed by atoms with van der Waals surface area (Å²) in [4.78, 5) is 14.2. The number of benzene rings is 4. The lowest BCUT2D eigenvalue weighted by Crippen LogP contribution is -2.47.